The van der Waals surface area contributed by atoms with Gasteiger partial charge in [-0.15, -0.1) is 0 Å². The molecule has 1 heterocycles. The van der Waals surface area contributed by atoms with Gasteiger partial charge in [0.05, 0.1) is 10.2 Å². The number of nitrogens with one attached hydrogen (secondary N) is 1. The maximum Gasteiger partial charge on any atom is 0.0590 e. The number of halogens is 1. The summed E-state index contributed by atoms with van der Waals surface area (Å²) in [5.41, 5.74) is 1.42. The van der Waals surface area contributed by atoms with Crippen LogP contribution in [0.2, 0.25) is 0 Å². The number of pyridine rings is 1. The van der Waals surface area contributed by atoms with Gasteiger partial charge in [0.15, 0.2) is 0 Å². The Morgan fingerprint density at radius 3 is 2.93 bits per heavy atom. The van der Waals surface area contributed by atoms with Crippen molar-refractivity contribution in [3.8, 4) is 0 Å². The SMILES string of the molecule is OCCC1(CNc2ccncc2Br)CC1. The Labute approximate surface area is 98.0 Å². The summed E-state index contributed by atoms with van der Waals surface area (Å²) in [7, 11) is 0. The molecule has 0 bridgehead atoms. The molecule has 0 saturated heterocycles. The first-order chi connectivity index (χ1) is 7.26. The van der Waals surface area contributed by atoms with E-state index in [1.54, 1.807) is 12.4 Å². The highest BCUT2D eigenvalue weighted by Gasteiger charge is 2.41. The van der Waals surface area contributed by atoms with Crippen LogP contribution in [0, 0.1) is 5.41 Å². The number of hydrogen-bond acceptors (Lipinski definition) is 3. The van der Waals surface area contributed by atoms with Crippen LogP contribution in [0.4, 0.5) is 5.69 Å². The third kappa shape index (κ3) is 2.69. The molecule has 15 heavy (non-hydrogen) atoms. The molecule has 0 spiro atoms. The standard InChI is InChI=1S/C11H15BrN2O/c12-9-7-13-5-1-10(9)14-8-11(2-3-11)4-6-15/h1,5,7,15H,2-4,6,8H2,(H,13,14). The Morgan fingerprint density at radius 2 is 2.33 bits per heavy atom. The molecule has 2 N–H and O–H groups in total. The highest BCUT2D eigenvalue weighted by Crippen LogP contribution is 2.48. The van der Waals surface area contributed by atoms with Crippen LogP contribution in [0.25, 0.3) is 0 Å². The minimum Gasteiger partial charge on any atom is -0.396 e. The fourth-order valence-electron chi connectivity index (χ4n) is 1.73. The number of rotatable bonds is 5. The Hall–Kier alpha value is -0.610. The Morgan fingerprint density at radius 1 is 1.53 bits per heavy atom. The summed E-state index contributed by atoms with van der Waals surface area (Å²) in [4.78, 5) is 4.01. The van der Waals surface area contributed by atoms with E-state index in [2.05, 4.69) is 26.2 Å². The van der Waals surface area contributed by atoms with E-state index in [0.717, 1.165) is 23.1 Å². The Bertz CT molecular complexity index is 339. The van der Waals surface area contributed by atoms with Crippen LogP contribution in [-0.2, 0) is 0 Å². The molecule has 1 aliphatic rings. The van der Waals surface area contributed by atoms with Gasteiger partial charge in [-0.1, -0.05) is 0 Å². The smallest absolute Gasteiger partial charge is 0.0590 e. The molecule has 1 fully saturated rings. The fourth-order valence-corrected chi connectivity index (χ4v) is 2.12. The second kappa shape index (κ2) is 4.49. The summed E-state index contributed by atoms with van der Waals surface area (Å²) in [6.45, 7) is 1.23. The van der Waals surface area contributed by atoms with Crippen LogP contribution in [0.1, 0.15) is 19.3 Å². The highest BCUT2D eigenvalue weighted by atomic mass is 79.9. The van der Waals surface area contributed by atoms with E-state index in [4.69, 9.17) is 5.11 Å². The van der Waals surface area contributed by atoms with Crippen molar-refractivity contribution in [2.45, 2.75) is 19.3 Å². The van der Waals surface area contributed by atoms with Gasteiger partial charge in [0.1, 0.15) is 0 Å². The quantitative estimate of drug-likeness (QED) is 0.864. The second-order valence-corrected chi connectivity index (χ2v) is 5.04. The molecule has 3 nitrogen and oxygen atoms in total. The van der Waals surface area contributed by atoms with Gasteiger partial charge < -0.3 is 10.4 Å². The number of aliphatic hydroxyl groups is 1. The van der Waals surface area contributed by atoms with Crippen molar-refractivity contribution in [1.82, 2.24) is 4.98 Å². The first-order valence-corrected chi connectivity index (χ1v) is 5.99. The van der Waals surface area contributed by atoms with Gasteiger partial charge in [-0.3, -0.25) is 4.98 Å². The first-order valence-electron chi connectivity index (χ1n) is 5.20. The van der Waals surface area contributed by atoms with Gasteiger partial charge in [-0.25, -0.2) is 0 Å². The topological polar surface area (TPSA) is 45.1 Å². The third-order valence-electron chi connectivity index (χ3n) is 3.03. The number of hydrogen-bond donors (Lipinski definition) is 2. The molecular weight excluding hydrogens is 256 g/mol. The molecular formula is C11H15BrN2O. The molecule has 0 unspecified atom stereocenters. The maximum absolute atomic E-state index is 8.95. The van der Waals surface area contributed by atoms with Gasteiger partial charge in [-0.2, -0.15) is 0 Å². The van der Waals surface area contributed by atoms with Gasteiger partial charge in [0.2, 0.25) is 0 Å². The van der Waals surface area contributed by atoms with Crippen LogP contribution in [0.3, 0.4) is 0 Å². The lowest BCUT2D eigenvalue weighted by atomic mass is 10.0. The average molecular weight is 271 g/mol. The molecule has 82 valence electrons. The van der Waals surface area contributed by atoms with Crippen LogP contribution in [0.5, 0.6) is 0 Å². The third-order valence-corrected chi connectivity index (χ3v) is 3.66. The van der Waals surface area contributed by atoms with Crippen molar-refractivity contribution >= 4 is 21.6 Å². The fraction of sp³-hybridized carbons (Fsp3) is 0.545. The van der Waals surface area contributed by atoms with Crippen molar-refractivity contribution in [1.29, 1.82) is 0 Å². The number of aromatic nitrogens is 1. The van der Waals surface area contributed by atoms with Gasteiger partial charge in [0, 0.05) is 25.5 Å². The van der Waals surface area contributed by atoms with Crippen molar-refractivity contribution in [3.63, 3.8) is 0 Å². The minimum atomic E-state index is 0.291. The summed E-state index contributed by atoms with van der Waals surface area (Å²) < 4.78 is 0.991. The molecule has 2 rings (SSSR count). The normalized spacial score (nSPS) is 17.5. The predicted molar refractivity (Wildman–Crippen MR) is 63.8 cm³/mol. The van der Waals surface area contributed by atoms with Gasteiger partial charge >= 0.3 is 0 Å². The zero-order valence-corrected chi connectivity index (χ0v) is 10.1. The lowest BCUT2D eigenvalue weighted by molar-refractivity contribution is 0.253. The lowest BCUT2D eigenvalue weighted by Crippen LogP contribution is -2.16. The van der Waals surface area contributed by atoms with E-state index in [1.165, 1.54) is 12.8 Å². The summed E-state index contributed by atoms with van der Waals surface area (Å²) in [5.74, 6) is 0. The van der Waals surface area contributed by atoms with Gasteiger partial charge in [0.25, 0.3) is 0 Å². The molecule has 0 aromatic carbocycles. The second-order valence-electron chi connectivity index (χ2n) is 4.18. The molecule has 1 saturated carbocycles. The summed E-state index contributed by atoms with van der Waals surface area (Å²) in [5, 5.41) is 12.3. The van der Waals surface area contributed by atoms with Crippen LogP contribution in [-0.4, -0.2) is 23.2 Å². The van der Waals surface area contributed by atoms with Crippen LogP contribution < -0.4 is 5.32 Å². The van der Waals surface area contributed by atoms with Crippen molar-refractivity contribution < 1.29 is 5.11 Å². The number of aliphatic hydroxyl groups excluding tert-OH is 1. The summed E-state index contributed by atoms with van der Waals surface area (Å²) in [6, 6.07) is 1.96. The molecule has 0 amide bonds. The van der Waals surface area contributed by atoms with Crippen molar-refractivity contribution in [2.24, 2.45) is 5.41 Å². The van der Waals surface area contributed by atoms with E-state index in [9.17, 15) is 0 Å². The van der Waals surface area contributed by atoms with E-state index in [1.807, 2.05) is 6.07 Å². The monoisotopic (exact) mass is 270 g/mol. The predicted octanol–water partition coefficient (Wildman–Crippen LogP) is 2.42. The van der Waals surface area contributed by atoms with Crippen LogP contribution in [0.15, 0.2) is 22.9 Å². The Kier molecular flexibility index (Phi) is 3.26. The zero-order valence-electron chi connectivity index (χ0n) is 8.54. The van der Waals surface area contributed by atoms with E-state index < -0.39 is 0 Å². The van der Waals surface area contributed by atoms with Gasteiger partial charge in [-0.05, 0) is 46.7 Å². The highest BCUT2D eigenvalue weighted by molar-refractivity contribution is 9.10. The Balaban J connectivity index is 1.91. The summed E-state index contributed by atoms with van der Waals surface area (Å²) >= 11 is 3.45. The molecule has 1 aromatic rings. The molecule has 4 heteroatoms. The van der Waals surface area contributed by atoms with E-state index in [0.29, 0.717) is 12.0 Å². The van der Waals surface area contributed by atoms with E-state index >= 15 is 0 Å². The van der Waals surface area contributed by atoms with Crippen molar-refractivity contribution in [3.05, 3.63) is 22.9 Å². The molecule has 0 radical (unpaired) electrons. The molecule has 0 atom stereocenters. The lowest BCUT2D eigenvalue weighted by Gasteiger charge is -2.16. The molecule has 1 aliphatic carbocycles. The average Bonchev–Trinajstić information content (AvgIpc) is 2.98. The molecule has 1 aromatic heterocycles. The van der Waals surface area contributed by atoms with Crippen LogP contribution >= 0.6 is 15.9 Å². The first kappa shape index (κ1) is 10.9. The number of anilines is 1. The van der Waals surface area contributed by atoms with Crippen molar-refractivity contribution in [2.75, 3.05) is 18.5 Å². The minimum absolute atomic E-state index is 0.291. The zero-order chi connectivity index (χ0) is 10.7. The summed E-state index contributed by atoms with van der Waals surface area (Å²) in [6.07, 6.45) is 6.92. The largest absolute Gasteiger partial charge is 0.396 e. The molecule has 0 aliphatic heterocycles. The number of nitrogens with zero attached hydrogens (tertiary/aromatic N) is 1. The maximum atomic E-state index is 8.95. The van der Waals surface area contributed by atoms with E-state index in [-0.39, 0.29) is 0 Å².